The number of halogens is 2. The van der Waals surface area contributed by atoms with Gasteiger partial charge in [0.25, 0.3) is 0 Å². The molecule has 0 amide bonds. The quantitative estimate of drug-likeness (QED) is 0.611. The van der Waals surface area contributed by atoms with Gasteiger partial charge in [-0.1, -0.05) is 42.6 Å². The Labute approximate surface area is 169 Å². The highest BCUT2D eigenvalue weighted by Crippen LogP contribution is 2.58. The van der Waals surface area contributed by atoms with E-state index in [9.17, 15) is 4.79 Å². The van der Waals surface area contributed by atoms with Gasteiger partial charge in [-0.05, 0) is 54.7 Å². The number of fused-ring (bicyclic) bond motifs is 3. The standard InChI is InChI=1S/C22H21Cl2NO2/c1-2-7-22-8-6-16(26)11-17(22)19-14(12-22)10-18(20(23)21(19)24)27-13-15-5-3-4-9-25-15/h3-5,9-11H,2,6-8,12-13H2,1H3. The van der Waals surface area contributed by atoms with E-state index in [1.807, 2.05) is 24.3 Å². The molecule has 4 rings (SSSR count). The molecule has 0 saturated heterocycles. The largest absolute Gasteiger partial charge is 0.486 e. The van der Waals surface area contributed by atoms with Crippen molar-refractivity contribution < 1.29 is 9.53 Å². The SMILES string of the molecule is CCCC12CCC(=O)C=C1c1c(cc(OCc3ccccn3)c(Cl)c1Cl)C2. The summed E-state index contributed by atoms with van der Waals surface area (Å²) >= 11 is 13.2. The average Bonchev–Trinajstić information content (AvgIpc) is 2.98. The van der Waals surface area contributed by atoms with Crippen molar-refractivity contribution in [3.8, 4) is 5.75 Å². The van der Waals surface area contributed by atoms with Gasteiger partial charge in [-0.2, -0.15) is 0 Å². The van der Waals surface area contributed by atoms with Gasteiger partial charge in [0.1, 0.15) is 17.4 Å². The van der Waals surface area contributed by atoms with Crippen LogP contribution in [-0.4, -0.2) is 10.8 Å². The molecule has 0 aliphatic heterocycles. The molecule has 1 aromatic carbocycles. The van der Waals surface area contributed by atoms with E-state index in [2.05, 4.69) is 11.9 Å². The molecule has 0 bridgehead atoms. The molecular formula is C22H21Cl2NO2. The molecule has 1 atom stereocenters. The van der Waals surface area contributed by atoms with Crippen molar-refractivity contribution in [2.45, 2.75) is 45.6 Å². The second kappa shape index (κ2) is 7.29. The van der Waals surface area contributed by atoms with Gasteiger partial charge in [-0.3, -0.25) is 9.78 Å². The van der Waals surface area contributed by atoms with Gasteiger partial charge in [0.2, 0.25) is 0 Å². The summed E-state index contributed by atoms with van der Waals surface area (Å²) in [6, 6.07) is 7.69. The molecule has 1 aromatic heterocycles. The minimum absolute atomic E-state index is 0.00241. The van der Waals surface area contributed by atoms with Crippen LogP contribution in [0.15, 0.2) is 36.5 Å². The summed E-state index contributed by atoms with van der Waals surface area (Å²) in [5, 5.41) is 0.890. The summed E-state index contributed by atoms with van der Waals surface area (Å²) in [6.07, 6.45) is 7.99. The highest BCUT2D eigenvalue weighted by molar-refractivity contribution is 6.44. The number of pyridine rings is 1. The Morgan fingerprint density at radius 1 is 1.26 bits per heavy atom. The third-order valence-electron chi connectivity index (χ3n) is 5.61. The van der Waals surface area contributed by atoms with Crippen LogP contribution in [-0.2, 0) is 17.8 Å². The van der Waals surface area contributed by atoms with Crippen molar-refractivity contribution in [1.82, 2.24) is 4.98 Å². The van der Waals surface area contributed by atoms with Crippen molar-refractivity contribution >= 4 is 34.6 Å². The van der Waals surface area contributed by atoms with Crippen LogP contribution in [0.4, 0.5) is 0 Å². The van der Waals surface area contributed by atoms with Gasteiger partial charge in [0, 0.05) is 23.6 Å². The normalized spacial score (nSPS) is 20.9. The summed E-state index contributed by atoms with van der Waals surface area (Å²) in [6.45, 7) is 2.51. The lowest BCUT2D eigenvalue weighted by Crippen LogP contribution is -2.25. The molecule has 27 heavy (non-hydrogen) atoms. The van der Waals surface area contributed by atoms with Crippen molar-refractivity contribution in [2.75, 3.05) is 0 Å². The molecule has 140 valence electrons. The van der Waals surface area contributed by atoms with Crippen LogP contribution in [0.3, 0.4) is 0 Å². The number of aromatic nitrogens is 1. The zero-order chi connectivity index (χ0) is 19.0. The number of ether oxygens (including phenoxy) is 1. The van der Waals surface area contributed by atoms with E-state index < -0.39 is 0 Å². The van der Waals surface area contributed by atoms with Crippen LogP contribution in [0.25, 0.3) is 5.57 Å². The number of hydrogen-bond acceptors (Lipinski definition) is 3. The maximum atomic E-state index is 12.1. The fourth-order valence-electron chi connectivity index (χ4n) is 4.42. The second-order valence-electron chi connectivity index (χ2n) is 7.38. The summed E-state index contributed by atoms with van der Waals surface area (Å²) in [5.41, 5.74) is 3.95. The van der Waals surface area contributed by atoms with Crippen LogP contribution in [0.1, 0.15) is 49.4 Å². The minimum atomic E-state index is -0.00241. The van der Waals surface area contributed by atoms with Crippen molar-refractivity contribution in [3.63, 3.8) is 0 Å². The molecule has 0 N–H and O–H groups in total. The van der Waals surface area contributed by atoms with E-state index in [1.54, 1.807) is 12.3 Å². The highest BCUT2D eigenvalue weighted by atomic mass is 35.5. The molecule has 2 aliphatic rings. The lowest BCUT2D eigenvalue weighted by Gasteiger charge is -2.33. The van der Waals surface area contributed by atoms with Gasteiger partial charge in [-0.15, -0.1) is 0 Å². The predicted octanol–water partition coefficient (Wildman–Crippen LogP) is 6.06. The van der Waals surface area contributed by atoms with E-state index in [-0.39, 0.29) is 11.2 Å². The van der Waals surface area contributed by atoms with Crippen LogP contribution >= 0.6 is 23.2 Å². The number of nitrogens with zero attached hydrogens (tertiary/aromatic N) is 1. The zero-order valence-electron chi connectivity index (χ0n) is 15.2. The molecule has 2 aromatic rings. The van der Waals surface area contributed by atoms with E-state index in [0.717, 1.165) is 48.1 Å². The second-order valence-corrected chi connectivity index (χ2v) is 8.13. The Morgan fingerprint density at radius 3 is 2.85 bits per heavy atom. The molecule has 1 unspecified atom stereocenters. The van der Waals surface area contributed by atoms with E-state index in [1.165, 1.54) is 0 Å². The first-order valence-electron chi connectivity index (χ1n) is 9.33. The van der Waals surface area contributed by atoms with E-state index >= 15 is 0 Å². The smallest absolute Gasteiger partial charge is 0.156 e. The van der Waals surface area contributed by atoms with Gasteiger partial charge in [0.05, 0.1) is 10.7 Å². The number of hydrogen-bond donors (Lipinski definition) is 0. The number of rotatable bonds is 5. The topological polar surface area (TPSA) is 39.2 Å². The van der Waals surface area contributed by atoms with Crippen molar-refractivity contribution in [1.29, 1.82) is 0 Å². The molecule has 0 radical (unpaired) electrons. The van der Waals surface area contributed by atoms with Crippen LogP contribution in [0, 0.1) is 5.41 Å². The summed E-state index contributed by atoms with van der Waals surface area (Å²) < 4.78 is 5.93. The molecule has 1 heterocycles. The fraction of sp³-hybridized carbons (Fsp3) is 0.364. The van der Waals surface area contributed by atoms with Gasteiger partial charge < -0.3 is 4.74 Å². The number of benzene rings is 1. The lowest BCUT2D eigenvalue weighted by atomic mass is 9.70. The number of allylic oxidation sites excluding steroid dienone is 2. The number of carbonyl (C=O) groups is 1. The Morgan fingerprint density at radius 2 is 2.11 bits per heavy atom. The first kappa shape index (κ1) is 18.5. The first-order chi connectivity index (χ1) is 13.0. The highest BCUT2D eigenvalue weighted by Gasteiger charge is 2.45. The molecule has 0 spiro atoms. The van der Waals surface area contributed by atoms with Crippen LogP contribution in [0.2, 0.25) is 10.0 Å². The zero-order valence-corrected chi connectivity index (χ0v) is 16.7. The third-order valence-corrected chi connectivity index (χ3v) is 6.46. The average molecular weight is 402 g/mol. The van der Waals surface area contributed by atoms with Crippen molar-refractivity contribution in [3.05, 3.63) is 63.4 Å². The fourth-order valence-corrected chi connectivity index (χ4v) is 4.94. The third kappa shape index (κ3) is 3.28. The van der Waals surface area contributed by atoms with Crippen LogP contribution < -0.4 is 4.74 Å². The maximum Gasteiger partial charge on any atom is 0.156 e. The summed E-state index contributed by atoms with van der Waals surface area (Å²) in [4.78, 5) is 16.4. The Kier molecular flexibility index (Phi) is 5.00. The molecule has 0 fully saturated rings. The van der Waals surface area contributed by atoms with Gasteiger partial charge >= 0.3 is 0 Å². The molecular weight excluding hydrogens is 381 g/mol. The first-order valence-corrected chi connectivity index (χ1v) is 10.1. The molecule has 2 aliphatic carbocycles. The molecule has 0 saturated carbocycles. The monoisotopic (exact) mass is 401 g/mol. The predicted molar refractivity (Wildman–Crippen MR) is 108 cm³/mol. The van der Waals surface area contributed by atoms with E-state index in [0.29, 0.717) is 28.8 Å². The van der Waals surface area contributed by atoms with Crippen LogP contribution in [0.5, 0.6) is 5.75 Å². The Hall–Kier alpha value is -1.84. The Bertz CT molecular complexity index is 924. The van der Waals surface area contributed by atoms with Gasteiger partial charge in [0.15, 0.2) is 5.78 Å². The summed E-state index contributed by atoms with van der Waals surface area (Å²) in [5.74, 6) is 0.746. The maximum absolute atomic E-state index is 12.1. The molecule has 5 heteroatoms. The lowest BCUT2D eigenvalue weighted by molar-refractivity contribution is -0.115. The number of ketones is 1. The van der Waals surface area contributed by atoms with Crippen molar-refractivity contribution in [2.24, 2.45) is 5.41 Å². The number of carbonyl (C=O) groups excluding carboxylic acids is 1. The van der Waals surface area contributed by atoms with E-state index in [4.69, 9.17) is 27.9 Å². The van der Waals surface area contributed by atoms with Gasteiger partial charge in [-0.25, -0.2) is 0 Å². The minimum Gasteiger partial charge on any atom is -0.486 e. The molecule has 3 nitrogen and oxygen atoms in total. The Balaban J connectivity index is 1.72. The summed E-state index contributed by atoms with van der Waals surface area (Å²) in [7, 11) is 0.